The van der Waals surface area contributed by atoms with Crippen molar-refractivity contribution in [2.75, 3.05) is 16.2 Å². The molecule has 0 bridgehead atoms. The molecule has 26 heavy (non-hydrogen) atoms. The summed E-state index contributed by atoms with van der Waals surface area (Å²) in [7, 11) is -3.64. The summed E-state index contributed by atoms with van der Waals surface area (Å²) < 4.78 is 27.9. The molecule has 1 heterocycles. The Morgan fingerprint density at radius 3 is 2.38 bits per heavy atom. The minimum Gasteiger partial charge on any atom is -0.312 e. The Morgan fingerprint density at radius 1 is 1.08 bits per heavy atom. The number of carbonyl (C=O) groups is 1. The Hall–Kier alpha value is -2.34. The van der Waals surface area contributed by atoms with Crippen molar-refractivity contribution in [3.63, 3.8) is 0 Å². The molecule has 0 fully saturated rings. The molecule has 6 heteroatoms. The number of anilines is 2. The zero-order valence-corrected chi connectivity index (χ0v) is 16.1. The fraction of sp³-hybridized carbons (Fsp3) is 0.350. The lowest BCUT2D eigenvalue weighted by Crippen LogP contribution is -2.34. The van der Waals surface area contributed by atoms with Crippen LogP contribution >= 0.6 is 0 Å². The molecule has 2 aromatic carbocycles. The third kappa shape index (κ3) is 3.60. The summed E-state index contributed by atoms with van der Waals surface area (Å²) in [6.45, 7) is 6.68. The first-order valence-electron chi connectivity index (χ1n) is 8.88. The molecule has 1 aliphatic rings. The molecule has 0 spiro atoms. The van der Waals surface area contributed by atoms with E-state index in [1.165, 1.54) is 0 Å². The molecule has 138 valence electrons. The average molecular weight is 372 g/mol. The number of nitrogens with zero attached hydrogens (tertiary/aromatic N) is 1. The normalized spacial score (nSPS) is 14.5. The first-order valence-corrected chi connectivity index (χ1v) is 10.4. The summed E-state index contributed by atoms with van der Waals surface area (Å²) in [6.07, 6.45) is 1.08. The van der Waals surface area contributed by atoms with Crippen molar-refractivity contribution in [1.29, 1.82) is 0 Å². The molecular formula is C20H24N2O3S. The van der Waals surface area contributed by atoms with Crippen molar-refractivity contribution in [2.45, 2.75) is 44.4 Å². The summed E-state index contributed by atoms with van der Waals surface area (Å²) >= 11 is 0. The van der Waals surface area contributed by atoms with E-state index < -0.39 is 10.0 Å². The number of aryl methyl sites for hydroxylation is 1. The first-order chi connectivity index (χ1) is 12.3. The van der Waals surface area contributed by atoms with Crippen molar-refractivity contribution in [1.82, 2.24) is 0 Å². The van der Waals surface area contributed by atoms with Crippen LogP contribution in [0.5, 0.6) is 0 Å². The van der Waals surface area contributed by atoms with Crippen molar-refractivity contribution >= 4 is 27.3 Å². The van der Waals surface area contributed by atoms with Crippen LogP contribution in [0, 0.1) is 0 Å². The number of hydrogen-bond acceptors (Lipinski definition) is 3. The first kappa shape index (κ1) is 18.5. The standard InChI is InChI=1S/C20H24N2O3S/c1-4-22-19-11-8-17(13-16(19)7-12-20(22)23)21-26(24,25)18-9-5-15(6-10-18)14(2)3/h5-6,8-11,13-14,21H,4,7,12H2,1-3H3. The molecule has 0 saturated carbocycles. The smallest absolute Gasteiger partial charge is 0.261 e. The van der Waals surface area contributed by atoms with Crippen LogP contribution < -0.4 is 9.62 Å². The van der Waals surface area contributed by atoms with E-state index in [-0.39, 0.29) is 10.8 Å². The molecule has 2 aromatic rings. The van der Waals surface area contributed by atoms with Gasteiger partial charge in [0, 0.05) is 24.3 Å². The van der Waals surface area contributed by atoms with Gasteiger partial charge in [-0.1, -0.05) is 26.0 Å². The Kier molecular flexibility index (Phi) is 5.05. The molecule has 0 atom stereocenters. The maximum Gasteiger partial charge on any atom is 0.261 e. The minimum absolute atomic E-state index is 0.110. The number of fused-ring (bicyclic) bond motifs is 1. The maximum atomic E-state index is 12.6. The topological polar surface area (TPSA) is 66.5 Å². The van der Waals surface area contributed by atoms with Crippen LogP contribution in [-0.4, -0.2) is 20.9 Å². The molecule has 1 amide bonds. The van der Waals surface area contributed by atoms with Gasteiger partial charge in [-0.2, -0.15) is 0 Å². The summed E-state index contributed by atoms with van der Waals surface area (Å²) in [5, 5.41) is 0. The lowest BCUT2D eigenvalue weighted by atomic mass is 10.0. The van der Waals surface area contributed by atoms with Gasteiger partial charge in [0.1, 0.15) is 0 Å². The van der Waals surface area contributed by atoms with Gasteiger partial charge in [0.15, 0.2) is 0 Å². The highest BCUT2D eigenvalue weighted by atomic mass is 32.2. The molecule has 0 aromatic heterocycles. The Morgan fingerprint density at radius 2 is 1.77 bits per heavy atom. The lowest BCUT2D eigenvalue weighted by Gasteiger charge is -2.28. The third-order valence-corrected chi connectivity index (χ3v) is 6.10. The molecular weight excluding hydrogens is 348 g/mol. The van der Waals surface area contributed by atoms with Crippen molar-refractivity contribution < 1.29 is 13.2 Å². The fourth-order valence-electron chi connectivity index (χ4n) is 3.22. The molecule has 0 saturated heterocycles. The number of nitrogens with one attached hydrogen (secondary N) is 1. The molecule has 5 nitrogen and oxygen atoms in total. The number of benzene rings is 2. The SMILES string of the molecule is CCN1C(=O)CCc2cc(NS(=O)(=O)c3ccc(C(C)C)cc3)ccc21. The highest BCUT2D eigenvalue weighted by Gasteiger charge is 2.23. The second kappa shape index (κ2) is 7.11. The van der Waals surface area contributed by atoms with Gasteiger partial charge in [-0.15, -0.1) is 0 Å². The molecule has 0 unspecified atom stereocenters. The predicted octanol–water partition coefficient (Wildman–Crippen LogP) is 3.91. The van der Waals surface area contributed by atoms with Crippen LogP contribution in [0.25, 0.3) is 0 Å². The Balaban J connectivity index is 1.85. The molecule has 1 N–H and O–H groups in total. The van der Waals surface area contributed by atoms with Crippen LogP contribution in [0.2, 0.25) is 0 Å². The van der Waals surface area contributed by atoms with Gasteiger partial charge >= 0.3 is 0 Å². The number of hydrogen-bond donors (Lipinski definition) is 1. The van der Waals surface area contributed by atoms with Gasteiger partial charge in [-0.3, -0.25) is 9.52 Å². The van der Waals surface area contributed by atoms with Crippen LogP contribution in [0.4, 0.5) is 11.4 Å². The zero-order valence-electron chi connectivity index (χ0n) is 15.3. The van der Waals surface area contributed by atoms with E-state index in [4.69, 9.17) is 0 Å². The predicted molar refractivity (Wildman–Crippen MR) is 104 cm³/mol. The second-order valence-corrected chi connectivity index (χ2v) is 8.49. The second-order valence-electron chi connectivity index (χ2n) is 6.81. The van der Waals surface area contributed by atoms with Crippen molar-refractivity contribution in [3.05, 3.63) is 53.6 Å². The Labute approximate surface area is 155 Å². The van der Waals surface area contributed by atoms with Crippen LogP contribution in [-0.2, 0) is 21.2 Å². The van der Waals surface area contributed by atoms with E-state index in [9.17, 15) is 13.2 Å². The van der Waals surface area contributed by atoms with E-state index in [0.717, 1.165) is 16.8 Å². The quantitative estimate of drug-likeness (QED) is 0.865. The zero-order chi connectivity index (χ0) is 18.9. The van der Waals surface area contributed by atoms with Gasteiger partial charge in [-0.25, -0.2) is 8.42 Å². The molecule has 1 aliphatic heterocycles. The van der Waals surface area contributed by atoms with E-state index in [1.54, 1.807) is 23.1 Å². The fourth-order valence-corrected chi connectivity index (χ4v) is 4.27. The van der Waals surface area contributed by atoms with Crippen molar-refractivity contribution in [3.8, 4) is 0 Å². The van der Waals surface area contributed by atoms with Crippen LogP contribution in [0.1, 0.15) is 44.2 Å². The average Bonchev–Trinajstić information content (AvgIpc) is 2.61. The van der Waals surface area contributed by atoms with Gasteiger partial charge in [0.05, 0.1) is 4.90 Å². The molecule has 0 radical (unpaired) electrons. The van der Waals surface area contributed by atoms with E-state index in [2.05, 4.69) is 18.6 Å². The monoisotopic (exact) mass is 372 g/mol. The molecule has 3 rings (SSSR count). The van der Waals surface area contributed by atoms with Crippen molar-refractivity contribution in [2.24, 2.45) is 0 Å². The van der Waals surface area contributed by atoms with Crippen LogP contribution in [0.15, 0.2) is 47.4 Å². The Bertz CT molecular complexity index is 919. The molecule has 0 aliphatic carbocycles. The number of sulfonamides is 1. The summed E-state index contributed by atoms with van der Waals surface area (Å²) in [4.78, 5) is 14.0. The van der Waals surface area contributed by atoms with Gasteiger partial charge in [0.25, 0.3) is 10.0 Å². The maximum absolute atomic E-state index is 12.6. The largest absolute Gasteiger partial charge is 0.312 e. The van der Waals surface area contributed by atoms with E-state index in [1.807, 2.05) is 31.2 Å². The van der Waals surface area contributed by atoms with E-state index in [0.29, 0.717) is 31.0 Å². The highest BCUT2D eigenvalue weighted by Crippen LogP contribution is 2.31. The minimum atomic E-state index is -3.64. The lowest BCUT2D eigenvalue weighted by molar-refractivity contribution is -0.118. The van der Waals surface area contributed by atoms with Gasteiger partial charge in [-0.05, 0) is 60.7 Å². The summed E-state index contributed by atoms with van der Waals surface area (Å²) in [6, 6.07) is 12.3. The third-order valence-electron chi connectivity index (χ3n) is 4.71. The highest BCUT2D eigenvalue weighted by molar-refractivity contribution is 7.92. The van der Waals surface area contributed by atoms with Gasteiger partial charge in [0.2, 0.25) is 5.91 Å². The summed E-state index contributed by atoms with van der Waals surface area (Å²) in [5.74, 6) is 0.461. The van der Waals surface area contributed by atoms with Crippen LogP contribution in [0.3, 0.4) is 0 Å². The number of amides is 1. The number of carbonyl (C=O) groups excluding carboxylic acids is 1. The van der Waals surface area contributed by atoms with E-state index >= 15 is 0 Å². The number of rotatable bonds is 5. The van der Waals surface area contributed by atoms with Gasteiger partial charge < -0.3 is 4.90 Å². The summed E-state index contributed by atoms with van der Waals surface area (Å²) in [5.41, 5.74) is 3.47.